The van der Waals surface area contributed by atoms with Gasteiger partial charge >= 0.3 is 6.03 Å². The maximum Gasteiger partial charge on any atom is 0.325 e. The molecule has 3 aromatic rings. The fraction of sp³-hybridized carbons (Fsp3) is 0.238. The summed E-state index contributed by atoms with van der Waals surface area (Å²) in [5, 5.41) is 3.58. The van der Waals surface area contributed by atoms with Crippen molar-refractivity contribution in [1.29, 1.82) is 0 Å². The molecular formula is C21H20FN3O3S. The lowest BCUT2D eigenvalue weighted by Crippen LogP contribution is -2.31. The first-order valence-corrected chi connectivity index (χ1v) is 10.0. The van der Waals surface area contributed by atoms with Gasteiger partial charge in [-0.05, 0) is 48.4 Å². The number of carbonyl (C=O) groups is 2. The summed E-state index contributed by atoms with van der Waals surface area (Å²) in [6, 6.07) is 11.5. The number of halogens is 1. The largest absolute Gasteiger partial charge is 0.467 e. The summed E-state index contributed by atoms with van der Waals surface area (Å²) in [5.74, 6) is 0.193. The summed E-state index contributed by atoms with van der Waals surface area (Å²) < 4.78 is 18.3. The van der Waals surface area contributed by atoms with Gasteiger partial charge in [0, 0.05) is 19.6 Å². The van der Waals surface area contributed by atoms with Crippen molar-refractivity contribution in [2.24, 2.45) is 0 Å². The Labute approximate surface area is 171 Å². The number of thiophene rings is 1. The Kier molecular flexibility index (Phi) is 5.35. The first kappa shape index (κ1) is 19.2. The molecule has 1 aromatic carbocycles. The molecule has 3 heterocycles. The Hall–Kier alpha value is -3.13. The Morgan fingerprint density at radius 3 is 2.76 bits per heavy atom. The highest BCUT2D eigenvalue weighted by molar-refractivity contribution is 7.18. The molecule has 1 saturated heterocycles. The van der Waals surface area contributed by atoms with Gasteiger partial charge in [-0.25, -0.2) is 9.18 Å². The van der Waals surface area contributed by atoms with Crippen LogP contribution >= 0.6 is 11.3 Å². The minimum absolute atomic E-state index is 0.113. The van der Waals surface area contributed by atoms with Gasteiger partial charge in [-0.2, -0.15) is 0 Å². The number of hydrogen-bond acceptors (Lipinski definition) is 4. The van der Waals surface area contributed by atoms with Crippen LogP contribution < -0.4 is 10.2 Å². The van der Waals surface area contributed by atoms with E-state index in [2.05, 4.69) is 5.32 Å². The van der Waals surface area contributed by atoms with Crippen LogP contribution in [0.2, 0.25) is 0 Å². The van der Waals surface area contributed by atoms with Crippen LogP contribution in [0.1, 0.15) is 26.6 Å². The molecule has 0 unspecified atom stereocenters. The normalized spacial score (nSPS) is 13.9. The monoisotopic (exact) mass is 413 g/mol. The Morgan fingerprint density at radius 1 is 1.24 bits per heavy atom. The smallest absolute Gasteiger partial charge is 0.325 e. The van der Waals surface area contributed by atoms with Crippen molar-refractivity contribution in [2.45, 2.75) is 20.0 Å². The van der Waals surface area contributed by atoms with Crippen LogP contribution in [0.3, 0.4) is 0 Å². The molecule has 1 fully saturated rings. The molecule has 0 bridgehead atoms. The molecular weight excluding hydrogens is 393 g/mol. The quantitative estimate of drug-likeness (QED) is 0.660. The van der Waals surface area contributed by atoms with Crippen LogP contribution in [0.25, 0.3) is 0 Å². The lowest BCUT2D eigenvalue weighted by molar-refractivity contribution is 0.0951. The number of furan rings is 1. The number of rotatable bonds is 6. The highest BCUT2D eigenvalue weighted by Crippen LogP contribution is 2.32. The van der Waals surface area contributed by atoms with Crippen LogP contribution in [-0.4, -0.2) is 29.9 Å². The fourth-order valence-electron chi connectivity index (χ4n) is 3.23. The molecule has 0 atom stereocenters. The van der Waals surface area contributed by atoms with Crippen molar-refractivity contribution < 1.29 is 18.4 Å². The molecule has 1 N–H and O–H groups in total. The Bertz CT molecular complexity index is 1010. The van der Waals surface area contributed by atoms with Gasteiger partial charge in [0.1, 0.15) is 16.6 Å². The molecule has 1 aliphatic rings. The molecule has 29 heavy (non-hydrogen) atoms. The van der Waals surface area contributed by atoms with E-state index >= 15 is 0 Å². The molecule has 6 nitrogen and oxygen atoms in total. The van der Waals surface area contributed by atoms with Crippen molar-refractivity contribution in [3.63, 3.8) is 0 Å². The van der Waals surface area contributed by atoms with Crippen LogP contribution in [0.5, 0.6) is 0 Å². The number of urea groups is 1. The van der Waals surface area contributed by atoms with E-state index in [1.165, 1.54) is 23.5 Å². The van der Waals surface area contributed by atoms with Crippen LogP contribution in [0, 0.1) is 12.7 Å². The van der Waals surface area contributed by atoms with E-state index in [-0.39, 0.29) is 17.8 Å². The lowest BCUT2D eigenvalue weighted by Gasteiger charge is -2.17. The van der Waals surface area contributed by atoms with E-state index in [1.54, 1.807) is 40.3 Å². The van der Waals surface area contributed by atoms with Gasteiger partial charge in [0.2, 0.25) is 0 Å². The molecule has 1 aliphatic heterocycles. The second-order valence-electron chi connectivity index (χ2n) is 6.84. The van der Waals surface area contributed by atoms with Crippen molar-refractivity contribution in [3.8, 4) is 0 Å². The van der Waals surface area contributed by atoms with Crippen LogP contribution in [0.15, 0.2) is 53.1 Å². The molecule has 8 heteroatoms. The molecule has 4 rings (SSSR count). The third kappa shape index (κ3) is 4.17. The maximum atomic E-state index is 13.1. The Morgan fingerprint density at radius 2 is 2.03 bits per heavy atom. The summed E-state index contributed by atoms with van der Waals surface area (Å²) in [4.78, 5) is 29.3. The first-order valence-electron chi connectivity index (χ1n) is 9.23. The van der Waals surface area contributed by atoms with Gasteiger partial charge in [0.25, 0.3) is 5.91 Å². The van der Waals surface area contributed by atoms with Crippen LogP contribution in [-0.2, 0) is 13.1 Å². The van der Waals surface area contributed by atoms with E-state index in [1.807, 2.05) is 13.0 Å². The van der Waals surface area contributed by atoms with Gasteiger partial charge in [-0.1, -0.05) is 12.1 Å². The number of carbonyl (C=O) groups excluding carboxylic acids is 2. The highest BCUT2D eigenvalue weighted by Gasteiger charge is 2.31. The lowest BCUT2D eigenvalue weighted by atomic mass is 10.2. The number of nitrogens with zero attached hydrogens (tertiary/aromatic N) is 2. The average molecular weight is 413 g/mol. The summed E-state index contributed by atoms with van der Waals surface area (Å²) in [5.41, 5.74) is 1.70. The maximum absolute atomic E-state index is 13.1. The van der Waals surface area contributed by atoms with E-state index in [0.717, 1.165) is 16.1 Å². The molecule has 150 valence electrons. The number of amides is 3. The van der Waals surface area contributed by atoms with E-state index in [9.17, 15) is 14.0 Å². The molecule has 0 radical (unpaired) electrons. The third-order valence-electron chi connectivity index (χ3n) is 4.76. The van der Waals surface area contributed by atoms with Gasteiger partial charge in [-0.15, -0.1) is 11.3 Å². The summed E-state index contributed by atoms with van der Waals surface area (Å²) in [6.07, 6.45) is 1.56. The van der Waals surface area contributed by atoms with Crippen molar-refractivity contribution in [2.75, 3.05) is 18.0 Å². The minimum Gasteiger partial charge on any atom is -0.467 e. The molecule has 2 aromatic heterocycles. The zero-order chi connectivity index (χ0) is 20.4. The first-order chi connectivity index (χ1) is 14.0. The topological polar surface area (TPSA) is 65.8 Å². The average Bonchev–Trinajstić information content (AvgIpc) is 3.43. The number of benzene rings is 1. The number of anilines is 1. The molecule has 0 aliphatic carbocycles. The second-order valence-corrected chi connectivity index (χ2v) is 7.87. The van der Waals surface area contributed by atoms with Gasteiger partial charge in [-0.3, -0.25) is 9.69 Å². The zero-order valence-electron chi connectivity index (χ0n) is 15.9. The molecule has 0 spiro atoms. The van der Waals surface area contributed by atoms with E-state index in [4.69, 9.17) is 4.42 Å². The standard InChI is InChI=1S/C21H20FN3O3S/c1-14-11-18(29-19(14)20(26)23-12-17-3-2-10-28-17)25-9-8-24(21(25)27)13-15-4-6-16(22)7-5-15/h2-7,10-11H,8-9,12-13H2,1H3,(H,23,26). The number of hydrogen-bond donors (Lipinski definition) is 1. The summed E-state index contributed by atoms with van der Waals surface area (Å²) >= 11 is 1.30. The zero-order valence-corrected chi connectivity index (χ0v) is 16.7. The van der Waals surface area contributed by atoms with Gasteiger partial charge in [0.15, 0.2) is 0 Å². The summed E-state index contributed by atoms with van der Waals surface area (Å²) in [7, 11) is 0. The minimum atomic E-state index is -0.296. The van der Waals surface area contributed by atoms with Crippen molar-refractivity contribution >= 4 is 28.3 Å². The van der Waals surface area contributed by atoms with E-state index in [0.29, 0.717) is 36.8 Å². The van der Waals surface area contributed by atoms with Crippen molar-refractivity contribution in [1.82, 2.24) is 10.2 Å². The summed E-state index contributed by atoms with van der Waals surface area (Å²) in [6.45, 7) is 3.72. The van der Waals surface area contributed by atoms with Crippen LogP contribution in [0.4, 0.5) is 14.2 Å². The van der Waals surface area contributed by atoms with E-state index < -0.39 is 0 Å². The number of nitrogens with one attached hydrogen (secondary N) is 1. The Balaban J connectivity index is 1.42. The van der Waals surface area contributed by atoms with Crippen molar-refractivity contribution in [3.05, 3.63) is 76.3 Å². The van der Waals surface area contributed by atoms with Gasteiger partial charge in [0.05, 0.1) is 17.7 Å². The number of aryl methyl sites for hydroxylation is 1. The second kappa shape index (κ2) is 8.08. The molecule has 0 saturated carbocycles. The predicted octanol–water partition coefficient (Wildman–Crippen LogP) is 4.16. The predicted molar refractivity (Wildman–Crippen MR) is 108 cm³/mol. The molecule has 3 amide bonds. The fourth-order valence-corrected chi connectivity index (χ4v) is 4.34. The third-order valence-corrected chi connectivity index (χ3v) is 6.02. The SMILES string of the molecule is Cc1cc(N2CCN(Cc3ccc(F)cc3)C2=O)sc1C(=O)NCc1ccco1. The van der Waals surface area contributed by atoms with Gasteiger partial charge < -0.3 is 14.6 Å². The highest BCUT2D eigenvalue weighted by atomic mass is 32.1.